The highest BCUT2D eigenvalue weighted by molar-refractivity contribution is 5.57. The molecule has 0 rings (SSSR count). The topological polar surface area (TPSA) is 46.5 Å². The first-order chi connectivity index (χ1) is 5.26. The Bertz CT molecular complexity index is 142. The Hall–Kier alpha value is -0.930. The first kappa shape index (κ1) is 10.1. The van der Waals surface area contributed by atoms with Crippen molar-refractivity contribution < 1.29 is 14.6 Å². The Labute approximate surface area is 66.0 Å². The molecule has 11 heavy (non-hydrogen) atoms. The van der Waals surface area contributed by atoms with Crippen LogP contribution in [0.4, 0.5) is 0 Å². The van der Waals surface area contributed by atoms with Gasteiger partial charge in [-0.25, -0.2) is 0 Å². The van der Waals surface area contributed by atoms with Crippen LogP contribution in [0.3, 0.4) is 0 Å². The van der Waals surface area contributed by atoms with E-state index in [9.17, 15) is 4.79 Å². The van der Waals surface area contributed by atoms with E-state index < -0.39 is 12.2 Å². The van der Waals surface area contributed by atoms with E-state index in [0.29, 0.717) is 6.29 Å². The van der Waals surface area contributed by atoms with E-state index in [0.717, 1.165) is 0 Å². The second-order valence-corrected chi connectivity index (χ2v) is 1.95. The highest BCUT2D eigenvalue weighted by atomic mass is 16.5. The summed E-state index contributed by atoms with van der Waals surface area (Å²) in [6, 6.07) is 0. The summed E-state index contributed by atoms with van der Waals surface area (Å²) in [6.45, 7) is 6.97. The molecule has 0 aromatic rings. The molecule has 0 bridgehead atoms. The van der Waals surface area contributed by atoms with E-state index >= 15 is 0 Å². The van der Waals surface area contributed by atoms with Gasteiger partial charge in [-0.05, 0) is 0 Å². The molecule has 3 heteroatoms. The molecule has 0 saturated heterocycles. The van der Waals surface area contributed by atoms with E-state index in [2.05, 4.69) is 13.2 Å². The maximum Gasteiger partial charge on any atom is 0.151 e. The number of carbonyl (C=O) groups excluding carboxylic acids is 1. The second-order valence-electron chi connectivity index (χ2n) is 1.95. The van der Waals surface area contributed by atoms with Gasteiger partial charge in [-0.15, -0.1) is 13.2 Å². The lowest BCUT2D eigenvalue weighted by Crippen LogP contribution is -2.28. The number of aliphatic hydroxyl groups is 1. The molecule has 0 aromatic carbocycles. The van der Waals surface area contributed by atoms with Crippen molar-refractivity contribution in [1.29, 1.82) is 0 Å². The number of rotatable bonds is 6. The number of aldehydes is 1. The van der Waals surface area contributed by atoms with Crippen molar-refractivity contribution in [2.75, 3.05) is 6.61 Å². The Morgan fingerprint density at radius 2 is 2.18 bits per heavy atom. The Morgan fingerprint density at radius 3 is 2.55 bits per heavy atom. The SMILES string of the molecule is C=CCO[C@@H](C=O)[C@@H](O)C=C. The van der Waals surface area contributed by atoms with Crippen molar-refractivity contribution in [3.63, 3.8) is 0 Å². The standard InChI is InChI=1S/C8H12O3/c1-3-5-11-8(6-9)7(10)4-2/h3-4,6-8,10H,1-2,5H2/t7-,8-/m0/s1. The minimum atomic E-state index is -0.938. The lowest BCUT2D eigenvalue weighted by molar-refractivity contribution is -0.122. The summed E-state index contributed by atoms with van der Waals surface area (Å²) in [6.07, 6.45) is 1.53. The summed E-state index contributed by atoms with van der Waals surface area (Å²) in [5, 5.41) is 9.04. The smallest absolute Gasteiger partial charge is 0.151 e. The van der Waals surface area contributed by atoms with Crippen LogP contribution in [0, 0.1) is 0 Å². The van der Waals surface area contributed by atoms with Crippen LogP contribution in [0.25, 0.3) is 0 Å². The molecular weight excluding hydrogens is 144 g/mol. The van der Waals surface area contributed by atoms with Gasteiger partial charge in [0.05, 0.1) is 6.61 Å². The Morgan fingerprint density at radius 1 is 1.55 bits per heavy atom. The number of hydrogen-bond donors (Lipinski definition) is 1. The third kappa shape index (κ3) is 3.70. The molecule has 0 aliphatic carbocycles. The summed E-state index contributed by atoms with van der Waals surface area (Å²) >= 11 is 0. The van der Waals surface area contributed by atoms with Gasteiger partial charge in [-0.1, -0.05) is 12.2 Å². The third-order valence-electron chi connectivity index (χ3n) is 1.12. The van der Waals surface area contributed by atoms with Gasteiger partial charge in [0.2, 0.25) is 0 Å². The number of hydrogen-bond acceptors (Lipinski definition) is 3. The number of aliphatic hydroxyl groups excluding tert-OH is 1. The maximum absolute atomic E-state index is 10.2. The highest BCUT2D eigenvalue weighted by Crippen LogP contribution is 1.97. The highest BCUT2D eigenvalue weighted by Gasteiger charge is 2.14. The van der Waals surface area contributed by atoms with Gasteiger partial charge in [-0.2, -0.15) is 0 Å². The Kier molecular flexibility index (Phi) is 5.33. The predicted octanol–water partition coefficient (Wildman–Crippen LogP) is 0.303. The van der Waals surface area contributed by atoms with Gasteiger partial charge in [0.1, 0.15) is 12.2 Å². The molecule has 1 N–H and O–H groups in total. The fourth-order valence-electron chi connectivity index (χ4n) is 0.532. The molecule has 0 unspecified atom stereocenters. The molecule has 0 aliphatic rings. The maximum atomic E-state index is 10.2. The number of carbonyl (C=O) groups is 1. The average molecular weight is 156 g/mol. The Balaban J connectivity index is 3.82. The first-order valence-electron chi connectivity index (χ1n) is 3.24. The van der Waals surface area contributed by atoms with Crippen molar-refractivity contribution >= 4 is 6.29 Å². The van der Waals surface area contributed by atoms with Crippen LogP contribution < -0.4 is 0 Å². The fourth-order valence-corrected chi connectivity index (χ4v) is 0.532. The lowest BCUT2D eigenvalue weighted by Gasteiger charge is -2.13. The molecule has 0 aliphatic heterocycles. The molecular formula is C8H12O3. The molecule has 0 saturated carbocycles. The van der Waals surface area contributed by atoms with Gasteiger partial charge < -0.3 is 14.6 Å². The van der Waals surface area contributed by atoms with Crippen molar-refractivity contribution in [2.24, 2.45) is 0 Å². The monoisotopic (exact) mass is 156 g/mol. The van der Waals surface area contributed by atoms with E-state index in [1.165, 1.54) is 12.2 Å². The summed E-state index contributed by atoms with van der Waals surface area (Å²) in [5.41, 5.74) is 0. The minimum Gasteiger partial charge on any atom is -0.386 e. The van der Waals surface area contributed by atoms with Gasteiger partial charge in [-0.3, -0.25) is 0 Å². The molecule has 0 heterocycles. The minimum absolute atomic E-state index is 0.244. The van der Waals surface area contributed by atoms with E-state index in [1.54, 1.807) is 0 Å². The van der Waals surface area contributed by atoms with Crippen molar-refractivity contribution in [2.45, 2.75) is 12.2 Å². The molecule has 0 fully saturated rings. The molecule has 2 atom stereocenters. The van der Waals surface area contributed by atoms with Crippen LogP contribution in [-0.4, -0.2) is 30.2 Å². The third-order valence-corrected chi connectivity index (χ3v) is 1.12. The van der Waals surface area contributed by atoms with Crippen LogP contribution >= 0.6 is 0 Å². The molecule has 3 nitrogen and oxygen atoms in total. The number of ether oxygens (including phenoxy) is 1. The molecule has 0 aromatic heterocycles. The second kappa shape index (κ2) is 5.82. The van der Waals surface area contributed by atoms with Crippen LogP contribution in [0.1, 0.15) is 0 Å². The zero-order chi connectivity index (χ0) is 8.69. The summed E-state index contributed by atoms with van der Waals surface area (Å²) in [5.74, 6) is 0. The molecule has 62 valence electrons. The predicted molar refractivity (Wildman–Crippen MR) is 42.2 cm³/mol. The van der Waals surface area contributed by atoms with Crippen LogP contribution in [0.2, 0.25) is 0 Å². The fraction of sp³-hybridized carbons (Fsp3) is 0.375. The normalized spacial score (nSPS) is 15.0. The largest absolute Gasteiger partial charge is 0.386 e. The van der Waals surface area contributed by atoms with Crippen molar-refractivity contribution in [3.8, 4) is 0 Å². The molecule has 0 amide bonds. The zero-order valence-electron chi connectivity index (χ0n) is 6.27. The van der Waals surface area contributed by atoms with Crippen molar-refractivity contribution in [3.05, 3.63) is 25.3 Å². The van der Waals surface area contributed by atoms with Gasteiger partial charge in [0.15, 0.2) is 6.29 Å². The average Bonchev–Trinajstić information content (AvgIpc) is 2.05. The van der Waals surface area contributed by atoms with Crippen LogP contribution in [0.15, 0.2) is 25.3 Å². The summed E-state index contributed by atoms with van der Waals surface area (Å²) < 4.78 is 4.89. The van der Waals surface area contributed by atoms with Crippen LogP contribution in [-0.2, 0) is 9.53 Å². The van der Waals surface area contributed by atoms with E-state index in [1.807, 2.05) is 0 Å². The summed E-state index contributed by atoms with van der Waals surface area (Å²) in [7, 11) is 0. The van der Waals surface area contributed by atoms with E-state index in [-0.39, 0.29) is 6.61 Å². The molecule has 0 radical (unpaired) electrons. The summed E-state index contributed by atoms with van der Waals surface area (Å²) in [4.78, 5) is 10.2. The van der Waals surface area contributed by atoms with Crippen molar-refractivity contribution in [1.82, 2.24) is 0 Å². The van der Waals surface area contributed by atoms with E-state index in [4.69, 9.17) is 9.84 Å². The zero-order valence-corrected chi connectivity index (χ0v) is 6.27. The van der Waals surface area contributed by atoms with Gasteiger partial charge in [0.25, 0.3) is 0 Å². The lowest BCUT2D eigenvalue weighted by atomic mass is 10.2. The first-order valence-corrected chi connectivity index (χ1v) is 3.24. The molecule has 0 spiro atoms. The van der Waals surface area contributed by atoms with Crippen LogP contribution in [0.5, 0.6) is 0 Å². The quantitative estimate of drug-likeness (QED) is 0.444. The van der Waals surface area contributed by atoms with Gasteiger partial charge >= 0.3 is 0 Å². The van der Waals surface area contributed by atoms with Gasteiger partial charge in [0, 0.05) is 0 Å².